The first-order valence-electron chi connectivity index (χ1n) is 5.49. The second-order valence-electron chi connectivity index (χ2n) is 3.89. The number of aryl methyl sites for hydroxylation is 1. The fourth-order valence-corrected chi connectivity index (χ4v) is 2.42. The monoisotopic (exact) mass is 257 g/mol. The smallest absolute Gasteiger partial charge is 0.196 e. The molecule has 0 spiro atoms. The molecule has 3 rings (SSSR count). The molecule has 0 aliphatic carbocycles. The molecular weight excluding hydrogens is 246 g/mol. The topological polar surface area (TPSA) is 64.9 Å². The van der Waals surface area contributed by atoms with Crippen LogP contribution >= 0.6 is 11.3 Å². The Morgan fingerprint density at radius 3 is 2.67 bits per heavy atom. The van der Waals surface area contributed by atoms with Gasteiger partial charge in [0.2, 0.25) is 0 Å². The van der Waals surface area contributed by atoms with E-state index < -0.39 is 0 Å². The Morgan fingerprint density at radius 1 is 1.22 bits per heavy atom. The van der Waals surface area contributed by atoms with E-state index in [0.717, 1.165) is 21.8 Å². The molecule has 2 heterocycles. The molecule has 0 radical (unpaired) electrons. The summed E-state index contributed by atoms with van der Waals surface area (Å²) in [6, 6.07) is 9.83. The van der Waals surface area contributed by atoms with E-state index in [4.69, 9.17) is 10.3 Å². The molecule has 90 valence electrons. The number of anilines is 1. The molecule has 0 amide bonds. The zero-order valence-corrected chi connectivity index (χ0v) is 10.6. The second kappa shape index (κ2) is 4.27. The second-order valence-corrected chi connectivity index (χ2v) is 4.95. The average molecular weight is 257 g/mol. The molecule has 4 nitrogen and oxygen atoms in total. The predicted molar refractivity (Wildman–Crippen MR) is 72.2 cm³/mol. The van der Waals surface area contributed by atoms with Crippen molar-refractivity contribution in [1.29, 1.82) is 0 Å². The largest absolute Gasteiger partial charge is 0.380 e. The van der Waals surface area contributed by atoms with E-state index in [2.05, 4.69) is 10.1 Å². The fraction of sp³-hybridized carbons (Fsp3) is 0.0769. The molecule has 2 N–H and O–H groups in total. The van der Waals surface area contributed by atoms with Crippen LogP contribution in [-0.2, 0) is 0 Å². The standard InChI is InChI=1S/C13H11N3OS/c1-8-15-10(7-18-8)12-11(13(14)16-17-12)9-5-3-2-4-6-9/h2-7H,1H3,(H2,14,16). The van der Waals surface area contributed by atoms with Crippen LogP contribution < -0.4 is 5.73 Å². The van der Waals surface area contributed by atoms with Crippen LogP contribution in [0.15, 0.2) is 40.2 Å². The van der Waals surface area contributed by atoms with E-state index >= 15 is 0 Å². The minimum absolute atomic E-state index is 0.391. The van der Waals surface area contributed by atoms with Crippen LogP contribution in [0.25, 0.3) is 22.6 Å². The first-order valence-corrected chi connectivity index (χ1v) is 6.37. The molecule has 5 heteroatoms. The maximum Gasteiger partial charge on any atom is 0.196 e. The van der Waals surface area contributed by atoms with Crippen molar-refractivity contribution in [2.45, 2.75) is 6.92 Å². The van der Waals surface area contributed by atoms with Crippen molar-refractivity contribution in [1.82, 2.24) is 10.1 Å². The summed E-state index contributed by atoms with van der Waals surface area (Å²) in [6.45, 7) is 1.95. The average Bonchev–Trinajstić information content (AvgIpc) is 2.96. The number of nitrogen functional groups attached to an aromatic ring is 1. The summed E-state index contributed by atoms with van der Waals surface area (Å²) < 4.78 is 5.32. The summed E-state index contributed by atoms with van der Waals surface area (Å²) >= 11 is 1.57. The summed E-state index contributed by atoms with van der Waals surface area (Å²) in [4.78, 5) is 4.41. The normalized spacial score (nSPS) is 10.7. The first-order chi connectivity index (χ1) is 8.75. The van der Waals surface area contributed by atoms with Crippen molar-refractivity contribution < 1.29 is 4.52 Å². The van der Waals surface area contributed by atoms with E-state index in [1.165, 1.54) is 0 Å². The van der Waals surface area contributed by atoms with Crippen LogP contribution in [0.1, 0.15) is 5.01 Å². The highest BCUT2D eigenvalue weighted by Crippen LogP contribution is 2.36. The van der Waals surface area contributed by atoms with Gasteiger partial charge in [0.05, 0.1) is 10.6 Å². The molecule has 1 aromatic carbocycles. The molecule has 0 unspecified atom stereocenters. The molecule has 0 saturated carbocycles. The maximum absolute atomic E-state index is 5.89. The number of nitrogens with two attached hydrogens (primary N) is 1. The van der Waals surface area contributed by atoms with Gasteiger partial charge in [0.25, 0.3) is 0 Å². The number of hydrogen-bond acceptors (Lipinski definition) is 5. The van der Waals surface area contributed by atoms with Gasteiger partial charge in [0, 0.05) is 5.38 Å². The van der Waals surface area contributed by atoms with Crippen LogP contribution in [0.2, 0.25) is 0 Å². The molecule has 0 fully saturated rings. The number of hydrogen-bond donors (Lipinski definition) is 1. The Morgan fingerprint density at radius 2 is 2.00 bits per heavy atom. The van der Waals surface area contributed by atoms with Crippen LogP contribution in [-0.4, -0.2) is 10.1 Å². The van der Waals surface area contributed by atoms with E-state index in [-0.39, 0.29) is 0 Å². The Hall–Kier alpha value is -2.14. The first kappa shape index (κ1) is 11.0. The SMILES string of the molecule is Cc1nc(-c2onc(N)c2-c2ccccc2)cs1. The molecule has 0 bridgehead atoms. The van der Waals surface area contributed by atoms with Crippen molar-refractivity contribution in [3.8, 4) is 22.6 Å². The quantitative estimate of drug-likeness (QED) is 0.764. The van der Waals surface area contributed by atoms with Gasteiger partial charge in [-0.1, -0.05) is 35.5 Å². The summed E-state index contributed by atoms with van der Waals surface area (Å²) in [7, 11) is 0. The van der Waals surface area contributed by atoms with Crippen LogP contribution in [0.5, 0.6) is 0 Å². The highest BCUT2D eigenvalue weighted by molar-refractivity contribution is 7.09. The van der Waals surface area contributed by atoms with Crippen LogP contribution in [0.3, 0.4) is 0 Å². The zero-order valence-electron chi connectivity index (χ0n) is 9.75. The van der Waals surface area contributed by atoms with Gasteiger partial charge in [-0.15, -0.1) is 11.3 Å². The summed E-state index contributed by atoms with van der Waals surface area (Å²) in [6.07, 6.45) is 0. The molecule has 2 aromatic heterocycles. The minimum Gasteiger partial charge on any atom is -0.380 e. The van der Waals surface area contributed by atoms with Crippen molar-refractivity contribution in [3.63, 3.8) is 0 Å². The Kier molecular flexibility index (Phi) is 2.60. The molecule has 0 aliphatic heterocycles. The fourth-order valence-electron chi connectivity index (χ4n) is 1.83. The molecule has 3 aromatic rings. The Bertz CT molecular complexity index is 673. The summed E-state index contributed by atoms with van der Waals surface area (Å²) in [5, 5.41) is 6.78. The van der Waals surface area contributed by atoms with Crippen molar-refractivity contribution in [2.24, 2.45) is 0 Å². The maximum atomic E-state index is 5.89. The van der Waals surface area contributed by atoms with Gasteiger partial charge in [-0.05, 0) is 12.5 Å². The highest BCUT2D eigenvalue weighted by atomic mass is 32.1. The van der Waals surface area contributed by atoms with E-state index in [0.29, 0.717) is 11.6 Å². The summed E-state index contributed by atoms with van der Waals surface area (Å²) in [5.74, 6) is 1.02. The van der Waals surface area contributed by atoms with Gasteiger partial charge < -0.3 is 10.3 Å². The summed E-state index contributed by atoms with van der Waals surface area (Å²) in [5.41, 5.74) is 8.46. The third-order valence-electron chi connectivity index (χ3n) is 2.63. The lowest BCUT2D eigenvalue weighted by Gasteiger charge is -1.99. The van der Waals surface area contributed by atoms with Crippen LogP contribution in [0.4, 0.5) is 5.82 Å². The number of aromatic nitrogens is 2. The van der Waals surface area contributed by atoms with Gasteiger partial charge in [-0.2, -0.15) is 0 Å². The predicted octanol–water partition coefficient (Wildman–Crippen LogP) is 3.36. The molecule has 0 aliphatic rings. The molecule has 0 atom stereocenters. The number of thiazole rings is 1. The lowest BCUT2D eigenvalue weighted by Crippen LogP contribution is -1.88. The van der Waals surface area contributed by atoms with Crippen molar-refractivity contribution >= 4 is 17.2 Å². The zero-order chi connectivity index (χ0) is 12.5. The van der Waals surface area contributed by atoms with E-state index in [9.17, 15) is 0 Å². The highest BCUT2D eigenvalue weighted by Gasteiger charge is 2.19. The van der Waals surface area contributed by atoms with Gasteiger partial charge in [0.1, 0.15) is 5.69 Å². The third-order valence-corrected chi connectivity index (χ3v) is 3.41. The Balaban J connectivity index is 2.18. The van der Waals surface area contributed by atoms with E-state index in [1.54, 1.807) is 11.3 Å². The number of benzene rings is 1. The van der Waals surface area contributed by atoms with Crippen LogP contribution in [0, 0.1) is 6.92 Å². The Labute approximate surface area is 108 Å². The third kappa shape index (κ3) is 1.78. The van der Waals surface area contributed by atoms with Crippen molar-refractivity contribution in [2.75, 3.05) is 5.73 Å². The van der Waals surface area contributed by atoms with E-state index in [1.807, 2.05) is 42.6 Å². The van der Waals surface area contributed by atoms with Gasteiger partial charge >= 0.3 is 0 Å². The molecule has 0 saturated heterocycles. The lowest BCUT2D eigenvalue weighted by atomic mass is 10.1. The van der Waals surface area contributed by atoms with Crippen molar-refractivity contribution in [3.05, 3.63) is 40.7 Å². The van der Waals surface area contributed by atoms with Gasteiger partial charge in [0.15, 0.2) is 11.6 Å². The number of rotatable bonds is 2. The minimum atomic E-state index is 0.391. The molecular formula is C13H11N3OS. The van der Waals surface area contributed by atoms with Gasteiger partial charge in [-0.3, -0.25) is 0 Å². The number of nitrogens with zero attached hydrogens (tertiary/aromatic N) is 2. The molecule has 18 heavy (non-hydrogen) atoms. The lowest BCUT2D eigenvalue weighted by molar-refractivity contribution is 0.435. The van der Waals surface area contributed by atoms with Gasteiger partial charge in [-0.25, -0.2) is 4.98 Å².